The van der Waals surface area contributed by atoms with Gasteiger partial charge in [-0.2, -0.15) is 0 Å². The minimum absolute atomic E-state index is 0.489. The third kappa shape index (κ3) is 2.23. The lowest BCUT2D eigenvalue weighted by atomic mass is 9.80. The SMILES string of the molecule is Cc1ccc(N)cc1NCC1(O)CCC1. The fraction of sp³-hybridized carbons (Fsp3) is 0.500. The zero-order chi connectivity index (χ0) is 10.9. The van der Waals surface area contributed by atoms with Gasteiger partial charge in [0.15, 0.2) is 0 Å². The molecule has 0 aromatic heterocycles. The van der Waals surface area contributed by atoms with Crippen molar-refractivity contribution in [1.82, 2.24) is 0 Å². The second kappa shape index (κ2) is 3.74. The number of anilines is 2. The monoisotopic (exact) mass is 206 g/mol. The molecule has 0 aliphatic heterocycles. The minimum atomic E-state index is -0.489. The van der Waals surface area contributed by atoms with E-state index in [1.807, 2.05) is 25.1 Å². The van der Waals surface area contributed by atoms with Gasteiger partial charge in [-0.15, -0.1) is 0 Å². The van der Waals surface area contributed by atoms with Gasteiger partial charge >= 0.3 is 0 Å². The lowest BCUT2D eigenvalue weighted by molar-refractivity contribution is -0.0202. The van der Waals surface area contributed by atoms with Crippen LogP contribution >= 0.6 is 0 Å². The summed E-state index contributed by atoms with van der Waals surface area (Å²) in [6.45, 7) is 2.66. The second-order valence-corrected chi connectivity index (χ2v) is 4.51. The fourth-order valence-corrected chi connectivity index (χ4v) is 1.85. The van der Waals surface area contributed by atoms with Crippen LogP contribution in [-0.4, -0.2) is 17.3 Å². The van der Waals surface area contributed by atoms with Gasteiger partial charge in [0.2, 0.25) is 0 Å². The standard InChI is InChI=1S/C12H18N2O/c1-9-3-4-10(13)7-11(9)14-8-12(15)5-2-6-12/h3-4,7,14-15H,2,5-6,8,13H2,1H3. The Labute approximate surface area is 90.3 Å². The molecule has 0 atom stereocenters. The molecule has 1 fully saturated rings. The van der Waals surface area contributed by atoms with E-state index in [4.69, 9.17) is 5.73 Å². The van der Waals surface area contributed by atoms with Crippen molar-refractivity contribution in [1.29, 1.82) is 0 Å². The Morgan fingerprint density at radius 1 is 1.47 bits per heavy atom. The van der Waals surface area contributed by atoms with Crippen molar-refractivity contribution in [3.05, 3.63) is 23.8 Å². The van der Waals surface area contributed by atoms with E-state index in [0.717, 1.165) is 36.2 Å². The molecule has 1 aliphatic rings. The number of aliphatic hydroxyl groups is 1. The zero-order valence-electron chi connectivity index (χ0n) is 9.09. The summed E-state index contributed by atoms with van der Waals surface area (Å²) in [6, 6.07) is 5.79. The number of nitrogens with one attached hydrogen (secondary N) is 1. The van der Waals surface area contributed by atoms with Crippen LogP contribution in [0.15, 0.2) is 18.2 Å². The molecule has 15 heavy (non-hydrogen) atoms. The van der Waals surface area contributed by atoms with Gasteiger partial charge in [-0.3, -0.25) is 0 Å². The van der Waals surface area contributed by atoms with Crippen LogP contribution in [0.1, 0.15) is 24.8 Å². The molecule has 3 nitrogen and oxygen atoms in total. The summed E-state index contributed by atoms with van der Waals surface area (Å²) < 4.78 is 0. The van der Waals surface area contributed by atoms with Gasteiger partial charge in [-0.05, 0) is 43.9 Å². The first-order valence-corrected chi connectivity index (χ1v) is 5.41. The lowest BCUT2D eigenvalue weighted by Crippen LogP contribution is -2.43. The Morgan fingerprint density at radius 3 is 2.80 bits per heavy atom. The zero-order valence-corrected chi connectivity index (χ0v) is 9.09. The van der Waals surface area contributed by atoms with E-state index in [-0.39, 0.29) is 0 Å². The number of nitrogen functional groups attached to an aromatic ring is 1. The highest BCUT2D eigenvalue weighted by atomic mass is 16.3. The molecule has 0 saturated heterocycles. The largest absolute Gasteiger partial charge is 0.399 e. The topological polar surface area (TPSA) is 58.3 Å². The van der Waals surface area contributed by atoms with Gasteiger partial charge in [0, 0.05) is 17.9 Å². The van der Waals surface area contributed by atoms with Crippen molar-refractivity contribution >= 4 is 11.4 Å². The minimum Gasteiger partial charge on any atom is -0.399 e. The summed E-state index contributed by atoms with van der Waals surface area (Å²) in [5.41, 5.74) is 8.16. The van der Waals surface area contributed by atoms with Gasteiger partial charge < -0.3 is 16.2 Å². The summed E-state index contributed by atoms with van der Waals surface area (Å²) in [6.07, 6.45) is 2.94. The van der Waals surface area contributed by atoms with Crippen LogP contribution in [0.2, 0.25) is 0 Å². The van der Waals surface area contributed by atoms with E-state index in [0.29, 0.717) is 6.54 Å². The highest BCUT2D eigenvalue weighted by molar-refractivity contribution is 5.59. The number of hydrogen-bond acceptors (Lipinski definition) is 3. The smallest absolute Gasteiger partial charge is 0.0819 e. The quantitative estimate of drug-likeness (QED) is 0.662. The molecule has 0 heterocycles. The van der Waals surface area contributed by atoms with Crippen LogP contribution in [0.3, 0.4) is 0 Å². The Kier molecular flexibility index (Phi) is 2.57. The van der Waals surface area contributed by atoms with Crippen LogP contribution in [0.5, 0.6) is 0 Å². The van der Waals surface area contributed by atoms with Crippen LogP contribution in [0, 0.1) is 6.92 Å². The van der Waals surface area contributed by atoms with Gasteiger partial charge in [0.1, 0.15) is 0 Å². The van der Waals surface area contributed by atoms with E-state index in [9.17, 15) is 5.11 Å². The first-order valence-electron chi connectivity index (χ1n) is 5.41. The molecule has 1 aliphatic carbocycles. The molecular weight excluding hydrogens is 188 g/mol. The number of benzene rings is 1. The van der Waals surface area contributed by atoms with Crippen molar-refractivity contribution in [2.45, 2.75) is 31.8 Å². The van der Waals surface area contributed by atoms with E-state index in [2.05, 4.69) is 5.32 Å². The predicted octanol–water partition coefficient (Wildman–Crippen LogP) is 1.90. The third-order valence-electron chi connectivity index (χ3n) is 3.15. The molecule has 0 bridgehead atoms. The molecule has 3 heteroatoms. The van der Waals surface area contributed by atoms with Crippen molar-refractivity contribution in [3.8, 4) is 0 Å². The van der Waals surface area contributed by atoms with E-state index in [1.165, 1.54) is 0 Å². The van der Waals surface area contributed by atoms with Crippen LogP contribution in [-0.2, 0) is 0 Å². The highest BCUT2D eigenvalue weighted by Gasteiger charge is 2.33. The summed E-state index contributed by atoms with van der Waals surface area (Å²) in [5, 5.41) is 13.2. The molecule has 0 spiro atoms. The maximum absolute atomic E-state index is 9.94. The molecule has 1 aromatic rings. The first kappa shape index (κ1) is 10.3. The van der Waals surface area contributed by atoms with Gasteiger partial charge in [-0.1, -0.05) is 6.07 Å². The number of rotatable bonds is 3. The van der Waals surface area contributed by atoms with Crippen molar-refractivity contribution < 1.29 is 5.11 Å². The van der Waals surface area contributed by atoms with Crippen LogP contribution < -0.4 is 11.1 Å². The predicted molar refractivity (Wildman–Crippen MR) is 62.9 cm³/mol. The first-order chi connectivity index (χ1) is 7.09. The Bertz CT molecular complexity index is 359. The molecular formula is C12H18N2O. The lowest BCUT2D eigenvalue weighted by Gasteiger charge is -2.37. The van der Waals surface area contributed by atoms with E-state index < -0.39 is 5.60 Å². The molecule has 4 N–H and O–H groups in total. The maximum Gasteiger partial charge on any atom is 0.0819 e. The summed E-state index contributed by atoms with van der Waals surface area (Å²) in [7, 11) is 0. The average Bonchev–Trinajstić information content (AvgIpc) is 2.17. The second-order valence-electron chi connectivity index (χ2n) is 4.51. The average molecular weight is 206 g/mol. The summed E-state index contributed by atoms with van der Waals surface area (Å²) in [5.74, 6) is 0. The Hall–Kier alpha value is -1.22. The highest BCUT2D eigenvalue weighted by Crippen LogP contribution is 2.32. The maximum atomic E-state index is 9.94. The molecule has 0 unspecified atom stereocenters. The van der Waals surface area contributed by atoms with E-state index >= 15 is 0 Å². The number of aryl methyl sites for hydroxylation is 1. The molecule has 1 saturated carbocycles. The molecule has 1 aromatic carbocycles. The normalized spacial score (nSPS) is 18.3. The van der Waals surface area contributed by atoms with Crippen LogP contribution in [0.4, 0.5) is 11.4 Å². The van der Waals surface area contributed by atoms with Gasteiger partial charge in [0.05, 0.1) is 5.60 Å². The third-order valence-corrected chi connectivity index (χ3v) is 3.15. The van der Waals surface area contributed by atoms with Crippen LogP contribution in [0.25, 0.3) is 0 Å². The van der Waals surface area contributed by atoms with Gasteiger partial charge in [0.25, 0.3) is 0 Å². The van der Waals surface area contributed by atoms with E-state index in [1.54, 1.807) is 0 Å². The van der Waals surface area contributed by atoms with Crippen molar-refractivity contribution in [2.75, 3.05) is 17.6 Å². The number of hydrogen-bond donors (Lipinski definition) is 3. The summed E-state index contributed by atoms with van der Waals surface area (Å²) >= 11 is 0. The fourth-order valence-electron chi connectivity index (χ4n) is 1.85. The molecule has 2 rings (SSSR count). The number of nitrogens with two attached hydrogens (primary N) is 1. The van der Waals surface area contributed by atoms with Gasteiger partial charge in [-0.25, -0.2) is 0 Å². The molecule has 82 valence electrons. The Balaban J connectivity index is 2.01. The van der Waals surface area contributed by atoms with Crippen molar-refractivity contribution in [2.24, 2.45) is 0 Å². The summed E-state index contributed by atoms with van der Waals surface area (Å²) in [4.78, 5) is 0. The van der Waals surface area contributed by atoms with Crippen molar-refractivity contribution in [3.63, 3.8) is 0 Å². The molecule has 0 amide bonds. The molecule has 0 radical (unpaired) electrons. The Morgan fingerprint density at radius 2 is 2.20 bits per heavy atom.